The number of rotatable bonds is 6. The van der Waals surface area contributed by atoms with E-state index in [2.05, 4.69) is 0 Å². The van der Waals surface area contributed by atoms with E-state index in [9.17, 15) is 14.4 Å². The van der Waals surface area contributed by atoms with Crippen molar-refractivity contribution in [2.75, 3.05) is 14.2 Å². The van der Waals surface area contributed by atoms with Crippen LogP contribution in [-0.4, -0.2) is 54.2 Å². The van der Waals surface area contributed by atoms with Gasteiger partial charge in [0.25, 0.3) is 0 Å². The molecule has 38 heavy (non-hydrogen) atoms. The van der Waals surface area contributed by atoms with Gasteiger partial charge in [-0.15, -0.1) is 0 Å². The molecule has 0 radical (unpaired) electrons. The van der Waals surface area contributed by atoms with Crippen LogP contribution in [0, 0.1) is 11.3 Å². The summed E-state index contributed by atoms with van der Waals surface area (Å²) in [6.45, 7) is 7.31. The summed E-state index contributed by atoms with van der Waals surface area (Å²) in [4.78, 5) is 42.7. The number of fused-ring (bicyclic) bond motifs is 1. The first-order valence-electron chi connectivity index (χ1n) is 12.9. The highest BCUT2D eigenvalue weighted by molar-refractivity contribution is 5.89. The van der Waals surface area contributed by atoms with E-state index in [4.69, 9.17) is 14.2 Å². The third kappa shape index (κ3) is 4.87. The van der Waals surface area contributed by atoms with E-state index in [1.165, 1.54) is 14.2 Å². The predicted molar refractivity (Wildman–Crippen MR) is 144 cm³/mol. The van der Waals surface area contributed by atoms with Crippen LogP contribution in [0.2, 0.25) is 0 Å². The molecule has 7 heteroatoms. The minimum absolute atomic E-state index is 0.145. The van der Waals surface area contributed by atoms with E-state index < -0.39 is 46.5 Å². The van der Waals surface area contributed by atoms with Crippen molar-refractivity contribution in [1.29, 1.82) is 0 Å². The summed E-state index contributed by atoms with van der Waals surface area (Å²) in [5, 5.41) is 0. The van der Waals surface area contributed by atoms with Gasteiger partial charge in [0.15, 0.2) is 0 Å². The fraction of sp³-hybridized carbons (Fsp3) is 0.452. The molecule has 2 aliphatic rings. The molecule has 0 saturated carbocycles. The normalized spacial score (nSPS) is 29.2. The van der Waals surface area contributed by atoms with Crippen molar-refractivity contribution < 1.29 is 28.6 Å². The molecule has 0 bridgehead atoms. The first kappa shape index (κ1) is 27.6. The molecule has 0 aliphatic carbocycles. The van der Waals surface area contributed by atoms with Crippen molar-refractivity contribution >= 4 is 24.0 Å². The Morgan fingerprint density at radius 2 is 1.50 bits per heavy atom. The number of carbonyl (C=O) groups is 3. The molecule has 7 nitrogen and oxygen atoms in total. The van der Waals surface area contributed by atoms with Crippen LogP contribution in [0.4, 0.5) is 0 Å². The van der Waals surface area contributed by atoms with Gasteiger partial charge in [-0.25, -0.2) is 0 Å². The first-order chi connectivity index (χ1) is 18.0. The number of hydrogen-bond acceptors (Lipinski definition) is 7. The van der Waals surface area contributed by atoms with Gasteiger partial charge in [-0.05, 0) is 51.7 Å². The Labute approximate surface area is 224 Å². The minimum atomic E-state index is -1.23. The zero-order valence-corrected chi connectivity index (χ0v) is 23.0. The van der Waals surface area contributed by atoms with Crippen molar-refractivity contribution in [3.05, 3.63) is 77.9 Å². The molecule has 0 N–H and O–H groups in total. The van der Waals surface area contributed by atoms with Crippen LogP contribution in [0.1, 0.15) is 57.7 Å². The molecule has 0 spiro atoms. The summed E-state index contributed by atoms with van der Waals surface area (Å²) < 4.78 is 16.5. The summed E-state index contributed by atoms with van der Waals surface area (Å²) in [5.41, 5.74) is -1.18. The lowest BCUT2D eigenvalue weighted by Gasteiger charge is -2.38. The van der Waals surface area contributed by atoms with Gasteiger partial charge in [0, 0.05) is 12.1 Å². The van der Waals surface area contributed by atoms with Gasteiger partial charge in [0.1, 0.15) is 11.1 Å². The molecule has 2 saturated heterocycles. The van der Waals surface area contributed by atoms with Crippen molar-refractivity contribution in [3.8, 4) is 0 Å². The van der Waals surface area contributed by atoms with Gasteiger partial charge < -0.3 is 14.2 Å². The van der Waals surface area contributed by atoms with Crippen molar-refractivity contribution in [2.24, 2.45) is 11.3 Å². The number of methoxy groups -OCH3 is 2. The SMILES string of the molecule is COC(=O)[C@@]12C[C@@H](C(=O)OC(C)(C)C)[C@@H](c3ccccc3)N1[C@H](/C=C/c1ccccc1)[C@](C)(C(=O)OC)C2. The van der Waals surface area contributed by atoms with Crippen LogP contribution in [0.3, 0.4) is 0 Å². The summed E-state index contributed by atoms with van der Waals surface area (Å²) in [6.07, 6.45) is 4.20. The molecular formula is C31H37NO6. The highest BCUT2D eigenvalue weighted by Crippen LogP contribution is 2.61. The van der Waals surface area contributed by atoms with Crippen molar-refractivity contribution in [2.45, 2.75) is 63.8 Å². The molecule has 2 aliphatic heterocycles. The summed E-state index contributed by atoms with van der Waals surface area (Å²) in [5.74, 6) is -1.92. The maximum atomic E-state index is 13.7. The standard InChI is InChI=1S/C31H37NO6/c1-29(2,3)38-26(33)23-19-31(28(35)37-6)20-30(4,27(34)36-5)24(18-17-21-13-9-7-10-14-21)32(31)25(23)22-15-11-8-12-16-22/h7-18,23-25H,19-20H2,1-6H3/b18-17+/t23-,24-,25-,30-,31+/m1/s1. The summed E-state index contributed by atoms with van der Waals surface area (Å²) in [7, 11) is 2.70. The Kier molecular flexibility index (Phi) is 7.53. The topological polar surface area (TPSA) is 82.1 Å². The highest BCUT2D eigenvalue weighted by atomic mass is 16.6. The molecule has 2 aromatic carbocycles. The Balaban J connectivity index is 1.93. The monoisotopic (exact) mass is 519 g/mol. The minimum Gasteiger partial charge on any atom is -0.469 e. The van der Waals surface area contributed by atoms with E-state index in [0.717, 1.165) is 11.1 Å². The van der Waals surface area contributed by atoms with Gasteiger partial charge in [-0.3, -0.25) is 19.3 Å². The van der Waals surface area contributed by atoms with E-state index in [0.29, 0.717) is 0 Å². The van der Waals surface area contributed by atoms with E-state index >= 15 is 0 Å². The number of nitrogens with zero attached hydrogens (tertiary/aromatic N) is 1. The second-order valence-electron chi connectivity index (χ2n) is 11.4. The largest absolute Gasteiger partial charge is 0.469 e. The quantitative estimate of drug-likeness (QED) is 0.394. The van der Waals surface area contributed by atoms with Gasteiger partial charge in [-0.2, -0.15) is 0 Å². The van der Waals surface area contributed by atoms with Crippen LogP contribution < -0.4 is 0 Å². The van der Waals surface area contributed by atoms with E-state index in [1.54, 1.807) is 0 Å². The van der Waals surface area contributed by atoms with Crippen LogP contribution in [-0.2, 0) is 28.6 Å². The molecule has 2 heterocycles. The number of benzene rings is 2. The van der Waals surface area contributed by atoms with Gasteiger partial charge in [-0.1, -0.05) is 72.8 Å². The Morgan fingerprint density at radius 1 is 0.921 bits per heavy atom. The highest BCUT2D eigenvalue weighted by Gasteiger charge is 2.71. The molecule has 5 atom stereocenters. The number of hydrogen-bond donors (Lipinski definition) is 0. The lowest BCUT2D eigenvalue weighted by atomic mass is 9.74. The first-order valence-corrected chi connectivity index (χ1v) is 12.9. The molecule has 0 unspecified atom stereocenters. The van der Waals surface area contributed by atoms with Gasteiger partial charge in [0.05, 0.1) is 25.6 Å². The fourth-order valence-corrected chi connectivity index (χ4v) is 6.24. The second-order valence-corrected chi connectivity index (χ2v) is 11.4. The molecule has 0 amide bonds. The number of esters is 3. The van der Waals surface area contributed by atoms with E-state index in [-0.39, 0.29) is 18.8 Å². The zero-order valence-electron chi connectivity index (χ0n) is 23.0. The van der Waals surface area contributed by atoms with Crippen LogP contribution in [0.15, 0.2) is 66.7 Å². The third-order valence-electron chi connectivity index (χ3n) is 7.68. The van der Waals surface area contributed by atoms with Gasteiger partial charge in [0.2, 0.25) is 0 Å². The zero-order chi connectivity index (χ0) is 27.7. The Bertz CT molecular complexity index is 1200. The fourth-order valence-electron chi connectivity index (χ4n) is 6.24. The maximum absolute atomic E-state index is 13.7. The molecule has 202 valence electrons. The lowest BCUT2D eigenvalue weighted by Crippen LogP contribution is -2.50. The smallest absolute Gasteiger partial charge is 0.326 e. The molecular weight excluding hydrogens is 482 g/mol. The van der Waals surface area contributed by atoms with Crippen molar-refractivity contribution in [3.63, 3.8) is 0 Å². The van der Waals surface area contributed by atoms with Crippen molar-refractivity contribution in [1.82, 2.24) is 4.90 Å². The second kappa shape index (κ2) is 10.4. The lowest BCUT2D eigenvalue weighted by molar-refractivity contribution is -0.161. The van der Waals surface area contributed by atoms with E-state index in [1.807, 2.05) is 105 Å². The molecule has 2 aromatic rings. The average molecular weight is 520 g/mol. The predicted octanol–water partition coefficient (Wildman–Crippen LogP) is 4.97. The van der Waals surface area contributed by atoms with Crippen LogP contribution in [0.25, 0.3) is 6.08 Å². The van der Waals surface area contributed by atoms with Crippen LogP contribution in [0.5, 0.6) is 0 Å². The molecule has 4 rings (SSSR count). The number of ether oxygens (including phenoxy) is 3. The average Bonchev–Trinajstić information content (AvgIpc) is 3.36. The van der Waals surface area contributed by atoms with Gasteiger partial charge >= 0.3 is 17.9 Å². The third-order valence-corrected chi connectivity index (χ3v) is 7.68. The maximum Gasteiger partial charge on any atom is 0.326 e. The molecule has 0 aromatic heterocycles. The summed E-state index contributed by atoms with van der Waals surface area (Å²) >= 11 is 0. The van der Waals surface area contributed by atoms with Crippen LogP contribution >= 0.6 is 0 Å². The Hall–Kier alpha value is -3.45. The number of carbonyl (C=O) groups excluding carboxylic acids is 3. The summed E-state index contributed by atoms with van der Waals surface area (Å²) in [6, 6.07) is 18.3. The molecule has 2 fully saturated rings. The Morgan fingerprint density at radius 3 is 2.05 bits per heavy atom.